The number of nitrogens with one attached hydrogen (secondary N) is 1. The van der Waals surface area contributed by atoms with Crippen LogP contribution in [0.5, 0.6) is 0 Å². The lowest BCUT2D eigenvalue weighted by Gasteiger charge is -2.19. The van der Waals surface area contributed by atoms with Gasteiger partial charge in [0.05, 0.1) is 0 Å². The Bertz CT molecular complexity index is 268. The highest BCUT2D eigenvalue weighted by Crippen LogP contribution is 2.17. The van der Waals surface area contributed by atoms with Crippen LogP contribution in [0.4, 0.5) is 0 Å². The highest BCUT2D eigenvalue weighted by Gasteiger charge is 2.07. The molecule has 0 saturated heterocycles. The van der Waals surface area contributed by atoms with Gasteiger partial charge in [0, 0.05) is 16.6 Å². The normalized spacial score (nSPS) is 15.1. The van der Waals surface area contributed by atoms with Crippen molar-refractivity contribution in [2.24, 2.45) is 0 Å². The van der Waals surface area contributed by atoms with Gasteiger partial charge in [-0.25, -0.2) is 0 Å². The quantitative estimate of drug-likeness (QED) is 0.861. The van der Waals surface area contributed by atoms with Gasteiger partial charge in [-0.1, -0.05) is 35.0 Å². The lowest BCUT2D eigenvalue weighted by molar-refractivity contribution is 0.469. The van der Waals surface area contributed by atoms with Gasteiger partial charge < -0.3 is 5.32 Å². The van der Waals surface area contributed by atoms with E-state index < -0.39 is 0 Å². The summed E-state index contributed by atoms with van der Waals surface area (Å²) in [6.45, 7) is 6.62. The van der Waals surface area contributed by atoms with Gasteiger partial charge in [0.2, 0.25) is 0 Å². The third kappa shape index (κ3) is 3.43. The molecule has 0 amide bonds. The second-order valence-electron chi connectivity index (χ2n) is 3.75. The summed E-state index contributed by atoms with van der Waals surface area (Å²) in [5.41, 5.74) is 1.34. The van der Waals surface area contributed by atoms with Crippen molar-refractivity contribution in [3.63, 3.8) is 0 Å². The largest absolute Gasteiger partial charge is 0.308 e. The maximum atomic E-state index is 3.55. The third-order valence-corrected chi connectivity index (χ3v) is 3.05. The molecule has 0 fully saturated rings. The molecule has 0 radical (unpaired) electrons. The molecule has 0 bridgehead atoms. The van der Waals surface area contributed by atoms with Crippen molar-refractivity contribution < 1.29 is 0 Å². The van der Waals surface area contributed by atoms with Crippen LogP contribution in [0.3, 0.4) is 0 Å². The summed E-state index contributed by atoms with van der Waals surface area (Å²) in [5, 5.41) is 3.55. The van der Waals surface area contributed by atoms with Crippen molar-refractivity contribution in [3.8, 4) is 0 Å². The number of halogens is 1. The zero-order valence-electron chi connectivity index (χ0n) is 9.05. The Balaban J connectivity index is 2.60. The van der Waals surface area contributed by atoms with Crippen molar-refractivity contribution in [1.29, 1.82) is 0 Å². The minimum Gasteiger partial charge on any atom is -0.308 e. The molecule has 1 aromatic rings. The molecular formula is C12H18BrN. The minimum absolute atomic E-state index is 0.429. The topological polar surface area (TPSA) is 12.0 Å². The van der Waals surface area contributed by atoms with Crippen LogP contribution in [0, 0.1) is 0 Å². The molecule has 0 heterocycles. The zero-order chi connectivity index (χ0) is 10.6. The van der Waals surface area contributed by atoms with Crippen molar-refractivity contribution in [2.45, 2.75) is 39.3 Å². The van der Waals surface area contributed by atoms with Gasteiger partial charge in [0.1, 0.15) is 0 Å². The van der Waals surface area contributed by atoms with Crippen LogP contribution in [-0.4, -0.2) is 6.04 Å². The Labute approximate surface area is 95.0 Å². The minimum atomic E-state index is 0.429. The Morgan fingerprint density at radius 2 is 1.79 bits per heavy atom. The van der Waals surface area contributed by atoms with Gasteiger partial charge in [0.25, 0.3) is 0 Å². The maximum absolute atomic E-state index is 3.55. The van der Waals surface area contributed by atoms with Crippen molar-refractivity contribution in [3.05, 3.63) is 34.3 Å². The van der Waals surface area contributed by atoms with E-state index in [-0.39, 0.29) is 0 Å². The van der Waals surface area contributed by atoms with Gasteiger partial charge >= 0.3 is 0 Å². The van der Waals surface area contributed by atoms with Crippen LogP contribution in [-0.2, 0) is 0 Å². The monoisotopic (exact) mass is 255 g/mol. The van der Waals surface area contributed by atoms with Gasteiger partial charge in [0.15, 0.2) is 0 Å². The lowest BCUT2D eigenvalue weighted by Crippen LogP contribution is -2.28. The van der Waals surface area contributed by atoms with Gasteiger partial charge in [-0.05, 0) is 38.0 Å². The average molecular weight is 256 g/mol. The zero-order valence-corrected chi connectivity index (χ0v) is 10.6. The van der Waals surface area contributed by atoms with E-state index in [1.165, 1.54) is 12.0 Å². The molecule has 1 unspecified atom stereocenters. The molecule has 0 saturated carbocycles. The number of hydrogen-bond donors (Lipinski definition) is 1. The van der Waals surface area contributed by atoms with E-state index in [9.17, 15) is 0 Å². The number of hydrogen-bond acceptors (Lipinski definition) is 1. The summed E-state index contributed by atoms with van der Waals surface area (Å²) < 4.78 is 1.14. The smallest absolute Gasteiger partial charge is 0.0294 e. The first-order chi connectivity index (χ1) is 6.63. The highest BCUT2D eigenvalue weighted by atomic mass is 79.9. The second-order valence-corrected chi connectivity index (χ2v) is 4.66. The predicted molar refractivity (Wildman–Crippen MR) is 65.4 cm³/mol. The fourth-order valence-corrected chi connectivity index (χ4v) is 1.66. The Morgan fingerprint density at radius 3 is 2.29 bits per heavy atom. The second kappa shape index (κ2) is 5.52. The van der Waals surface area contributed by atoms with Gasteiger partial charge in [-0.2, -0.15) is 0 Å². The van der Waals surface area contributed by atoms with Gasteiger partial charge in [-0.3, -0.25) is 0 Å². The number of rotatable bonds is 4. The van der Waals surface area contributed by atoms with Crippen molar-refractivity contribution in [2.75, 3.05) is 0 Å². The number of benzene rings is 1. The Morgan fingerprint density at radius 1 is 1.21 bits per heavy atom. The standard InChI is InChI=1S/C12H18BrN/c1-4-9(2)14-10(3)11-5-7-12(13)8-6-11/h5-10,14H,4H2,1-3H3/t9?,10-/m1/s1. The fourth-order valence-electron chi connectivity index (χ4n) is 1.39. The van der Waals surface area contributed by atoms with E-state index in [0.29, 0.717) is 12.1 Å². The van der Waals surface area contributed by atoms with Gasteiger partial charge in [-0.15, -0.1) is 0 Å². The van der Waals surface area contributed by atoms with Crippen LogP contribution in [0.15, 0.2) is 28.7 Å². The van der Waals surface area contributed by atoms with E-state index in [1.54, 1.807) is 0 Å². The Hall–Kier alpha value is -0.340. The third-order valence-electron chi connectivity index (χ3n) is 2.52. The molecule has 0 aromatic heterocycles. The maximum Gasteiger partial charge on any atom is 0.0294 e. The lowest BCUT2D eigenvalue weighted by atomic mass is 10.1. The van der Waals surface area contributed by atoms with Crippen molar-refractivity contribution in [1.82, 2.24) is 5.32 Å². The average Bonchev–Trinajstić information content (AvgIpc) is 2.18. The summed E-state index contributed by atoms with van der Waals surface area (Å²) in [5.74, 6) is 0. The van der Waals surface area contributed by atoms with Crippen LogP contribution in [0.1, 0.15) is 38.8 Å². The molecule has 0 aliphatic carbocycles. The van der Waals surface area contributed by atoms with E-state index in [0.717, 1.165) is 4.47 Å². The highest BCUT2D eigenvalue weighted by molar-refractivity contribution is 9.10. The SMILES string of the molecule is CCC(C)N[C@H](C)c1ccc(Br)cc1. The molecular weight excluding hydrogens is 238 g/mol. The molecule has 14 heavy (non-hydrogen) atoms. The van der Waals surface area contributed by atoms with Crippen molar-refractivity contribution >= 4 is 15.9 Å². The molecule has 1 aromatic carbocycles. The first kappa shape index (κ1) is 11.7. The molecule has 78 valence electrons. The molecule has 0 aliphatic rings. The van der Waals surface area contributed by atoms with Crippen LogP contribution >= 0.6 is 15.9 Å². The molecule has 0 aliphatic heterocycles. The Kier molecular flexibility index (Phi) is 4.63. The first-order valence-corrected chi connectivity index (χ1v) is 5.94. The summed E-state index contributed by atoms with van der Waals surface area (Å²) in [4.78, 5) is 0. The predicted octanol–water partition coefficient (Wildman–Crippen LogP) is 3.90. The summed E-state index contributed by atoms with van der Waals surface area (Å²) >= 11 is 3.44. The molecule has 1 N–H and O–H groups in total. The molecule has 1 rings (SSSR count). The van der Waals surface area contributed by atoms with Crippen LogP contribution < -0.4 is 5.32 Å². The van der Waals surface area contributed by atoms with E-state index in [1.807, 2.05) is 0 Å². The van der Waals surface area contributed by atoms with Crippen LogP contribution in [0.25, 0.3) is 0 Å². The van der Waals surface area contributed by atoms with E-state index >= 15 is 0 Å². The summed E-state index contributed by atoms with van der Waals surface area (Å²) in [7, 11) is 0. The molecule has 1 nitrogen and oxygen atoms in total. The van der Waals surface area contributed by atoms with E-state index in [2.05, 4.69) is 66.3 Å². The molecule has 2 heteroatoms. The summed E-state index contributed by atoms with van der Waals surface area (Å²) in [6, 6.07) is 9.49. The molecule has 2 atom stereocenters. The summed E-state index contributed by atoms with van der Waals surface area (Å²) in [6.07, 6.45) is 1.17. The first-order valence-electron chi connectivity index (χ1n) is 5.15. The van der Waals surface area contributed by atoms with Crippen LogP contribution in [0.2, 0.25) is 0 Å². The van der Waals surface area contributed by atoms with E-state index in [4.69, 9.17) is 0 Å². The molecule has 0 spiro atoms. The fraction of sp³-hybridized carbons (Fsp3) is 0.500.